The third kappa shape index (κ3) is 3.63. The topological polar surface area (TPSA) is 41.7 Å². The zero-order chi connectivity index (χ0) is 15.5. The SMILES string of the molecule is c1cncc(CO[C@H]2C[C@H]3CN(Cc4ccco4)CCN3C2)c1. The molecule has 0 spiro atoms. The number of hydrogen-bond donors (Lipinski definition) is 0. The zero-order valence-corrected chi connectivity index (χ0v) is 13.3. The number of fused-ring (bicyclic) bond motifs is 1. The van der Waals surface area contributed by atoms with Gasteiger partial charge in [0, 0.05) is 44.6 Å². The van der Waals surface area contributed by atoms with Gasteiger partial charge in [0.25, 0.3) is 0 Å². The van der Waals surface area contributed by atoms with Crippen LogP contribution < -0.4 is 0 Å². The number of hydrogen-bond acceptors (Lipinski definition) is 5. The molecular formula is C18H23N3O2. The lowest BCUT2D eigenvalue weighted by atomic mass is 10.1. The van der Waals surface area contributed by atoms with E-state index in [1.807, 2.05) is 18.3 Å². The van der Waals surface area contributed by atoms with Crippen LogP contribution in [-0.4, -0.2) is 53.1 Å². The Balaban J connectivity index is 1.27. The lowest BCUT2D eigenvalue weighted by Crippen LogP contribution is -2.49. The number of rotatable bonds is 5. The van der Waals surface area contributed by atoms with Crippen molar-refractivity contribution >= 4 is 0 Å². The molecule has 4 rings (SSSR count). The van der Waals surface area contributed by atoms with Gasteiger partial charge in [0.2, 0.25) is 0 Å². The van der Waals surface area contributed by atoms with E-state index in [-0.39, 0.29) is 0 Å². The summed E-state index contributed by atoms with van der Waals surface area (Å²) in [6, 6.07) is 8.66. The van der Waals surface area contributed by atoms with E-state index in [9.17, 15) is 0 Å². The summed E-state index contributed by atoms with van der Waals surface area (Å²) in [6.07, 6.45) is 6.89. The fourth-order valence-electron chi connectivity index (χ4n) is 3.65. The van der Waals surface area contributed by atoms with Crippen molar-refractivity contribution in [2.45, 2.75) is 31.7 Å². The third-order valence-corrected chi connectivity index (χ3v) is 4.83. The standard InChI is InChI=1S/C18H23N3O2/c1-3-15(10-19-5-1)14-23-18-9-16-11-20(6-7-21(16)13-18)12-17-4-2-8-22-17/h1-5,8,10,16,18H,6-7,9,11-14H2/t16-,18-/m0/s1. The largest absolute Gasteiger partial charge is 0.468 e. The Morgan fingerprint density at radius 1 is 1.22 bits per heavy atom. The number of furan rings is 1. The number of pyridine rings is 1. The minimum atomic E-state index is 0.337. The van der Waals surface area contributed by atoms with Gasteiger partial charge in [-0.2, -0.15) is 0 Å². The fourth-order valence-corrected chi connectivity index (χ4v) is 3.65. The molecule has 2 aromatic heterocycles. The normalized spacial score (nSPS) is 25.6. The molecule has 23 heavy (non-hydrogen) atoms. The molecule has 122 valence electrons. The van der Waals surface area contributed by atoms with Gasteiger partial charge in [0.1, 0.15) is 5.76 Å². The maximum atomic E-state index is 6.10. The predicted octanol–water partition coefficient (Wildman–Crippen LogP) is 2.15. The van der Waals surface area contributed by atoms with Crippen LogP contribution in [0.4, 0.5) is 0 Å². The van der Waals surface area contributed by atoms with Gasteiger partial charge in [-0.15, -0.1) is 0 Å². The predicted molar refractivity (Wildman–Crippen MR) is 86.8 cm³/mol. The number of ether oxygens (including phenoxy) is 1. The van der Waals surface area contributed by atoms with Crippen molar-refractivity contribution in [2.24, 2.45) is 0 Å². The average Bonchev–Trinajstić information content (AvgIpc) is 3.23. The van der Waals surface area contributed by atoms with Gasteiger partial charge in [-0.25, -0.2) is 0 Å². The van der Waals surface area contributed by atoms with Crippen molar-refractivity contribution in [1.29, 1.82) is 0 Å². The Labute approximate surface area is 136 Å². The lowest BCUT2D eigenvalue weighted by molar-refractivity contribution is 0.0455. The summed E-state index contributed by atoms with van der Waals surface area (Å²) in [7, 11) is 0. The molecule has 0 N–H and O–H groups in total. The van der Waals surface area contributed by atoms with Gasteiger partial charge >= 0.3 is 0 Å². The van der Waals surface area contributed by atoms with Crippen molar-refractivity contribution in [3.63, 3.8) is 0 Å². The van der Waals surface area contributed by atoms with Gasteiger partial charge < -0.3 is 9.15 Å². The van der Waals surface area contributed by atoms with E-state index in [4.69, 9.17) is 9.15 Å². The summed E-state index contributed by atoms with van der Waals surface area (Å²) in [5, 5.41) is 0. The van der Waals surface area contributed by atoms with Crippen molar-refractivity contribution in [2.75, 3.05) is 26.2 Å². The van der Waals surface area contributed by atoms with E-state index >= 15 is 0 Å². The second-order valence-corrected chi connectivity index (χ2v) is 6.49. The molecular weight excluding hydrogens is 290 g/mol. The Morgan fingerprint density at radius 2 is 2.22 bits per heavy atom. The van der Waals surface area contributed by atoms with E-state index in [2.05, 4.69) is 26.9 Å². The van der Waals surface area contributed by atoms with Crippen LogP contribution in [0, 0.1) is 0 Å². The molecule has 0 bridgehead atoms. The number of nitrogens with zero attached hydrogens (tertiary/aromatic N) is 3. The first-order valence-corrected chi connectivity index (χ1v) is 8.36. The Bertz CT molecular complexity index is 602. The van der Waals surface area contributed by atoms with E-state index in [0.717, 1.165) is 50.5 Å². The van der Waals surface area contributed by atoms with Crippen LogP contribution in [0.25, 0.3) is 0 Å². The summed E-state index contributed by atoms with van der Waals surface area (Å²) in [5.74, 6) is 1.06. The molecule has 2 saturated heterocycles. The van der Waals surface area contributed by atoms with Crippen LogP contribution >= 0.6 is 0 Å². The fraction of sp³-hybridized carbons (Fsp3) is 0.500. The van der Waals surface area contributed by atoms with Crippen molar-refractivity contribution in [3.05, 3.63) is 54.2 Å². The van der Waals surface area contributed by atoms with Crippen molar-refractivity contribution in [1.82, 2.24) is 14.8 Å². The summed E-state index contributed by atoms with van der Waals surface area (Å²) < 4.78 is 11.6. The Morgan fingerprint density at radius 3 is 3.04 bits per heavy atom. The minimum Gasteiger partial charge on any atom is -0.468 e. The summed E-state index contributed by atoms with van der Waals surface area (Å²) in [4.78, 5) is 9.21. The molecule has 0 aliphatic carbocycles. The highest BCUT2D eigenvalue weighted by molar-refractivity contribution is 5.07. The average molecular weight is 313 g/mol. The first kappa shape index (κ1) is 14.9. The van der Waals surface area contributed by atoms with Crippen molar-refractivity contribution < 1.29 is 9.15 Å². The van der Waals surface area contributed by atoms with Gasteiger partial charge in [-0.05, 0) is 30.2 Å². The molecule has 2 atom stereocenters. The van der Waals surface area contributed by atoms with Crippen molar-refractivity contribution in [3.8, 4) is 0 Å². The maximum absolute atomic E-state index is 6.10. The molecule has 5 nitrogen and oxygen atoms in total. The number of piperazine rings is 1. The molecule has 0 amide bonds. The van der Waals surface area contributed by atoms with Gasteiger partial charge in [-0.1, -0.05) is 6.07 Å². The lowest BCUT2D eigenvalue weighted by Gasteiger charge is -2.36. The van der Waals surface area contributed by atoms with Crippen LogP contribution in [0.1, 0.15) is 17.7 Å². The molecule has 2 aliphatic rings. The van der Waals surface area contributed by atoms with E-state index < -0.39 is 0 Å². The molecule has 0 saturated carbocycles. The molecule has 0 aromatic carbocycles. The highest BCUT2D eigenvalue weighted by Crippen LogP contribution is 2.25. The first-order chi connectivity index (χ1) is 11.4. The van der Waals surface area contributed by atoms with Crippen LogP contribution in [0.2, 0.25) is 0 Å². The molecule has 2 fully saturated rings. The second-order valence-electron chi connectivity index (χ2n) is 6.49. The maximum Gasteiger partial charge on any atom is 0.117 e. The van der Waals surface area contributed by atoms with Crippen LogP contribution in [0.5, 0.6) is 0 Å². The van der Waals surface area contributed by atoms with Gasteiger partial charge in [0.15, 0.2) is 0 Å². The molecule has 4 heterocycles. The highest BCUT2D eigenvalue weighted by atomic mass is 16.5. The smallest absolute Gasteiger partial charge is 0.117 e. The van der Waals surface area contributed by atoms with Crippen LogP contribution in [0.15, 0.2) is 47.3 Å². The first-order valence-electron chi connectivity index (χ1n) is 8.36. The molecule has 0 unspecified atom stereocenters. The number of aromatic nitrogens is 1. The molecule has 2 aliphatic heterocycles. The van der Waals surface area contributed by atoms with Crippen LogP contribution in [0.3, 0.4) is 0 Å². The third-order valence-electron chi connectivity index (χ3n) is 4.83. The molecule has 0 radical (unpaired) electrons. The van der Waals surface area contributed by atoms with E-state index in [0.29, 0.717) is 18.8 Å². The Kier molecular flexibility index (Phi) is 4.41. The summed E-state index contributed by atoms with van der Waals surface area (Å²) >= 11 is 0. The quantitative estimate of drug-likeness (QED) is 0.846. The zero-order valence-electron chi connectivity index (χ0n) is 13.3. The van der Waals surface area contributed by atoms with Crippen LogP contribution in [-0.2, 0) is 17.9 Å². The Hall–Kier alpha value is -1.69. The molecule has 5 heteroatoms. The van der Waals surface area contributed by atoms with Gasteiger partial charge in [-0.3, -0.25) is 14.8 Å². The monoisotopic (exact) mass is 313 g/mol. The van der Waals surface area contributed by atoms with Gasteiger partial charge in [0.05, 0.1) is 25.5 Å². The summed E-state index contributed by atoms with van der Waals surface area (Å²) in [5.41, 5.74) is 1.15. The van der Waals surface area contributed by atoms with E-state index in [1.165, 1.54) is 0 Å². The minimum absolute atomic E-state index is 0.337. The highest BCUT2D eigenvalue weighted by Gasteiger charge is 2.36. The second kappa shape index (κ2) is 6.83. The van der Waals surface area contributed by atoms with E-state index in [1.54, 1.807) is 12.5 Å². The molecule has 2 aromatic rings. The summed E-state index contributed by atoms with van der Waals surface area (Å²) in [6.45, 7) is 5.96.